The van der Waals surface area contributed by atoms with E-state index < -0.39 is 0 Å². The van der Waals surface area contributed by atoms with E-state index in [2.05, 4.69) is 26.1 Å². The molecule has 2 aliphatic rings. The van der Waals surface area contributed by atoms with Gasteiger partial charge in [-0.3, -0.25) is 14.5 Å². The maximum Gasteiger partial charge on any atom is 0.240 e. The van der Waals surface area contributed by atoms with Crippen molar-refractivity contribution in [1.29, 1.82) is 0 Å². The van der Waals surface area contributed by atoms with Gasteiger partial charge in [-0.25, -0.2) is 4.68 Å². The van der Waals surface area contributed by atoms with Gasteiger partial charge in [0, 0.05) is 17.5 Å². The van der Waals surface area contributed by atoms with Gasteiger partial charge in [0.1, 0.15) is 18.1 Å². The van der Waals surface area contributed by atoms with E-state index in [1.54, 1.807) is 16.7 Å². The van der Waals surface area contributed by atoms with Crippen molar-refractivity contribution >= 4 is 29.4 Å². The monoisotopic (exact) mass is 564 g/mol. The Labute approximate surface area is 239 Å². The number of nitrogens with zero attached hydrogens (tertiary/aromatic N) is 3. The maximum absolute atomic E-state index is 13.8. The zero-order valence-corrected chi connectivity index (χ0v) is 24.6. The van der Waals surface area contributed by atoms with E-state index in [1.165, 1.54) is 11.8 Å². The molecular weight excluding hydrogens is 528 g/mol. The van der Waals surface area contributed by atoms with Crippen molar-refractivity contribution in [3.05, 3.63) is 59.3 Å². The fourth-order valence-electron chi connectivity index (χ4n) is 4.83. The molecule has 2 amide bonds. The van der Waals surface area contributed by atoms with E-state index in [0.717, 1.165) is 22.5 Å². The summed E-state index contributed by atoms with van der Waals surface area (Å²) in [6.45, 7) is 11.0. The van der Waals surface area contributed by atoms with E-state index in [1.807, 2.05) is 56.3 Å². The number of carbonyl (C=O) groups is 2. The molecule has 0 saturated heterocycles. The Kier molecular flexibility index (Phi) is 7.72. The Morgan fingerprint density at radius 2 is 1.88 bits per heavy atom. The summed E-state index contributed by atoms with van der Waals surface area (Å²) in [6.07, 6.45) is 0. The van der Waals surface area contributed by atoms with E-state index in [4.69, 9.17) is 19.3 Å². The predicted molar refractivity (Wildman–Crippen MR) is 156 cm³/mol. The van der Waals surface area contributed by atoms with Crippen LogP contribution in [0.15, 0.2) is 42.5 Å². The molecule has 0 unspecified atom stereocenters. The van der Waals surface area contributed by atoms with Crippen LogP contribution in [-0.4, -0.2) is 54.3 Å². The minimum Gasteiger partial charge on any atom is -0.497 e. The number of ether oxygens (including phenoxy) is 3. The van der Waals surface area contributed by atoms with Gasteiger partial charge >= 0.3 is 0 Å². The lowest BCUT2D eigenvalue weighted by molar-refractivity contribution is -0.123. The number of aromatic nitrogens is 2. The van der Waals surface area contributed by atoms with Crippen LogP contribution >= 0.6 is 11.8 Å². The number of hydrogen-bond acceptors (Lipinski definition) is 7. The summed E-state index contributed by atoms with van der Waals surface area (Å²) in [6, 6.07) is 13.5. The largest absolute Gasteiger partial charge is 0.497 e. The highest BCUT2D eigenvalue weighted by atomic mass is 32.2. The van der Waals surface area contributed by atoms with Crippen molar-refractivity contribution in [1.82, 2.24) is 15.1 Å². The third-order valence-corrected chi connectivity index (χ3v) is 8.08. The fourth-order valence-corrected chi connectivity index (χ4v) is 6.02. The molecule has 1 N–H and O–H groups in total. The van der Waals surface area contributed by atoms with Gasteiger partial charge in [0.25, 0.3) is 0 Å². The van der Waals surface area contributed by atoms with Crippen LogP contribution in [0.25, 0.3) is 5.69 Å². The van der Waals surface area contributed by atoms with Gasteiger partial charge in [-0.2, -0.15) is 5.10 Å². The number of methoxy groups -OCH3 is 1. The third-order valence-electron chi connectivity index (χ3n) is 6.83. The molecule has 3 aromatic rings. The van der Waals surface area contributed by atoms with Crippen molar-refractivity contribution in [3.8, 4) is 22.9 Å². The lowest BCUT2D eigenvalue weighted by Crippen LogP contribution is -2.43. The average molecular weight is 565 g/mol. The zero-order chi connectivity index (χ0) is 28.6. The molecule has 0 saturated carbocycles. The fraction of sp³-hybridized carbons (Fsp3) is 0.433. The van der Waals surface area contributed by atoms with E-state index >= 15 is 0 Å². The van der Waals surface area contributed by atoms with Gasteiger partial charge in [-0.1, -0.05) is 40.7 Å². The molecule has 0 radical (unpaired) electrons. The summed E-state index contributed by atoms with van der Waals surface area (Å²) in [4.78, 5) is 28.5. The highest BCUT2D eigenvalue weighted by Crippen LogP contribution is 2.49. The van der Waals surface area contributed by atoms with E-state index in [9.17, 15) is 9.59 Å². The predicted octanol–water partition coefficient (Wildman–Crippen LogP) is 4.85. The number of thioether (sulfide) groups is 1. The lowest BCUT2D eigenvalue weighted by Gasteiger charge is -2.24. The second-order valence-electron chi connectivity index (χ2n) is 11.4. The van der Waals surface area contributed by atoms with E-state index in [-0.39, 0.29) is 41.6 Å². The number of hydrogen-bond donors (Lipinski definition) is 1. The molecule has 212 valence electrons. The van der Waals surface area contributed by atoms with Gasteiger partial charge in [0.15, 0.2) is 11.5 Å². The highest BCUT2D eigenvalue weighted by molar-refractivity contribution is 8.00. The molecule has 5 rings (SSSR count). The average Bonchev–Trinajstić information content (AvgIpc) is 3.52. The number of amides is 2. The molecule has 0 bridgehead atoms. The second-order valence-corrected chi connectivity index (χ2v) is 12.5. The van der Waals surface area contributed by atoms with Gasteiger partial charge in [-0.05, 0) is 47.9 Å². The highest BCUT2D eigenvalue weighted by Gasteiger charge is 2.40. The number of rotatable bonds is 7. The first-order valence-corrected chi connectivity index (χ1v) is 14.5. The Morgan fingerprint density at radius 1 is 1.15 bits per heavy atom. The van der Waals surface area contributed by atoms with Crippen molar-refractivity contribution in [2.75, 3.05) is 37.6 Å². The first-order valence-electron chi connectivity index (χ1n) is 13.4. The molecular formula is C30H36N4O5S. The quantitative estimate of drug-likeness (QED) is 0.439. The van der Waals surface area contributed by atoms with Crippen LogP contribution in [0.4, 0.5) is 5.82 Å². The third kappa shape index (κ3) is 5.50. The molecule has 0 spiro atoms. The lowest BCUT2D eigenvalue weighted by atomic mass is 9.87. The maximum atomic E-state index is 13.8. The van der Waals surface area contributed by atoms with Crippen LogP contribution in [0.5, 0.6) is 17.2 Å². The standard InChI is InChI=1S/C30H36N4O5S/c1-18(2)14-31-24(35)15-33-25(36)16-40-27(19-7-12-22-23(13-19)39-17-38-22)26-28(30(3,4)5)32-34(29(26)33)20-8-10-21(37-6)11-9-20/h7-13,18,27H,14-17H2,1-6H3,(H,31,35)/t27-/m1/s1. The van der Waals surface area contributed by atoms with Crippen LogP contribution in [0.1, 0.15) is 56.7 Å². The van der Waals surface area contributed by atoms with Crippen LogP contribution in [0, 0.1) is 5.92 Å². The van der Waals surface area contributed by atoms with Crippen molar-refractivity contribution in [2.45, 2.75) is 45.3 Å². The van der Waals surface area contributed by atoms with Gasteiger partial charge in [0.05, 0.1) is 29.5 Å². The molecule has 3 heterocycles. The molecule has 10 heteroatoms. The number of nitrogens with one attached hydrogen (secondary N) is 1. The molecule has 1 atom stereocenters. The van der Waals surface area contributed by atoms with Crippen LogP contribution in [-0.2, 0) is 15.0 Å². The molecule has 2 aliphatic heterocycles. The number of anilines is 1. The Bertz CT molecular complexity index is 1410. The zero-order valence-electron chi connectivity index (χ0n) is 23.8. The summed E-state index contributed by atoms with van der Waals surface area (Å²) >= 11 is 1.53. The van der Waals surface area contributed by atoms with Crippen molar-refractivity contribution < 1.29 is 23.8 Å². The summed E-state index contributed by atoms with van der Waals surface area (Å²) in [5.41, 5.74) is 3.17. The topological polar surface area (TPSA) is 94.9 Å². The Hall–Kier alpha value is -3.66. The van der Waals surface area contributed by atoms with E-state index in [0.29, 0.717) is 35.5 Å². The van der Waals surface area contributed by atoms with Crippen molar-refractivity contribution in [2.24, 2.45) is 5.92 Å². The summed E-state index contributed by atoms with van der Waals surface area (Å²) in [5, 5.41) is 7.87. The smallest absolute Gasteiger partial charge is 0.240 e. The van der Waals surface area contributed by atoms with Crippen LogP contribution in [0.3, 0.4) is 0 Å². The molecule has 0 aliphatic carbocycles. The first-order chi connectivity index (χ1) is 19.1. The SMILES string of the molecule is COc1ccc(-n2nc(C(C)(C)C)c3c2N(CC(=O)NCC(C)C)C(=O)CS[C@@H]3c2ccc3c(c2)OCO3)cc1. The van der Waals surface area contributed by atoms with Gasteiger partial charge in [-0.15, -0.1) is 11.8 Å². The molecule has 9 nitrogen and oxygen atoms in total. The minimum atomic E-state index is -0.351. The number of carbonyl (C=O) groups excluding carboxylic acids is 2. The molecule has 1 aromatic heterocycles. The first kappa shape index (κ1) is 27.9. The Morgan fingerprint density at radius 3 is 2.55 bits per heavy atom. The summed E-state index contributed by atoms with van der Waals surface area (Å²) in [5.74, 6) is 2.84. The normalized spacial score (nSPS) is 16.6. The minimum absolute atomic E-state index is 0.0988. The van der Waals surface area contributed by atoms with Gasteiger partial charge < -0.3 is 19.5 Å². The summed E-state index contributed by atoms with van der Waals surface area (Å²) in [7, 11) is 1.62. The molecule has 2 aromatic carbocycles. The molecule has 0 fully saturated rings. The molecule has 40 heavy (non-hydrogen) atoms. The van der Waals surface area contributed by atoms with Crippen molar-refractivity contribution in [3.63, 3.8) is 0 Å². The Balaban J connectivity index is 1.71. The number of fused-ring (bicyclic) bond motifs is 2. The number of benzene rings is 2. The van der Waals surface area contributed by atoms with Crippen LogP contribution < -0.4 is 24.4 Å². The van der Waals surface area contributed by atoms with Gasteiger partial charge in [0.2, 0.25) is 18.6 Å². The summed E-state index contributed by atoms with van der Waals surface area (Å²) < 4.78 is 18.4. The van der Waals surface area contributed by atoms with Crippen LogP contribution in [0.2, 0.25) is 0 Å². The second kappa shape index (κ2) is 11.1.